The van der Waals surface area contributed by atoms with Crippen LogP contribution >= 0.6 is 0 Å². The van der Waals surface area contributed by atoms with E-state index < -0.39 is 18.1 Å². The minimum atomic E-state index is -1.04. The lowest BCUT2D eigenvalue weighted by molar-refractivity contribution is -0.160. The number of nitrogens with zero attached hydrogens (tertiary/aromatic N) is 1. The summed E-state index contributed by atoms with van der Waals surface area (Å²) in [5.74, 6) is -1.04. The van der Waals surface area contributed by atoms with Crippen LogP contribution in [0.3, 0.4) is 0 Å². The fourth-order valence-corrected chi connectivity index (χ4v) is 5.63. The molecule has 4 aliphatic carbocycles. The van der Waals surface area contributed by atoms with E-state index in [0.717, 1.165) is 11.3 Å². The number of carbonyl (C=O) groups is 4. The number of benzene rings is 1. The zero-order chi connectivity index (χ0) is 20.4. The van der Waals surface area contributed by atoms with E-state index in [4.69, 9.17) is 4.74 Å². The number of allylic oxidation sites excluding steroid dienone is 2. The summed E-state index contributed by atoms with van der Waals surface area (Å²) in [5.41, 5.74) is 0.446. The first kappa shape index (κ1) is 18.3. The first-order valence-corrected chi connectivity index (χ1v) is 10.2. The molecule has 1 aromatic rings. The van der Waals surface area contributed by atoms with Gasteiger partial charge in [-0.25, -0.2) is 4.79 Å². The highest BCUT2D eigenvalue weighted by Crippen LogP contribution is 2.65. The van der Waals surface area contributed by atoms with Crippen molar-refractivity contribution in [1.82, 2.24) is 4.90 Å². The first-order chi connectivity index (χ1) is 13.9. The summed E-state index contributed by atoms with van der Waals surface area (Å²) in [5, 5.41) is 0. The Labute approximate surface area is 168 Å². The van der Waals surface area contributed by atoms with E-state index in [0.29, 0.717) is 17.4 Å². The van der Waals surface area contributed by atoms with Crippen LogP contribution in [0.4, 0.5) is 0 Å². The molecular weight excluding hydrogens is 370 g/mol. The van der Waals surface area contributed by atoms with E-state index in [2.05, 4.69) is 12.2 Å². The van der Waals surface area contributed by atoms with Crippen molar-refractivity contribution in [1.29, 1.82) is 0 Å². The fourth-order valence-electron chi connectivity index (χ4n) is 5.63. The third kappa shape index (κ3) is 2.61. The normalized spacial score (nSPS) is 35.7. The molecule has 1 heterocycles. The molecule has 150 valence electrons. The van der Waals surface area contributed by atoms with Crippen LogP contribution in [-0.4, -0.2) is 40.6 Å². The summed E-state index contributed by atoms with van der Waals surface area (Å²) in [6, 6.07) is 7.54. The molecule has 6 rings (SSSR count). The van der Waals surface area contributed by atoms with Gasteiger partial charge >= 0.3 is 5.97 Å². The Morgan fingerprint density at radius 1 is 0.966 bits per heavy atom. The van der Waals surface area contributed by atoms with Crippen LogP contribution in [0.5, 0.6) is 0 Å². The van der Waals surface area contributed by atoms with Crippen LogP contribution in [-0.2, 0) is 19.1 Å². The molecule has 1 aliphatic heterocycles. The van der Waals surface area contributed by atoms with Crippen LogP contribution in [0, 0.1) is 35.5 Å². The van der Waals surface area contributed by atoms with E-state index >= 15 is 0 Å². The predicted octanol–water partition coefficient (Wildman–Crippen LogP) is 2.24. The number of hydrogen-bond donors (Lipinski definition) is 0. The molecule has 1 aromatic carbocycles. The van der Waals surface area contributed by atoms with Crippen LogP contribution < -0.4 is 0 Å². The zero-order valence-electron chi connectivity index (χ0n) is 16.4. The van der Waals surface area contributed by atoms with Gasteiger partial charge in [0.05, 0.1) is 11.8 Å². The molecule has 0 radical (unpaired) electrons. The summed E-state index contributed by atoms with van der Waals surface area (Å²) < 4.78 is 5.34. The third-order valence-electron chi connectivity index (χ3n) is 7.15. The van der Waals surface area contributed by atoms with Crippen molar-refractivity contribution in [2.24, 2.45) is 35.5 Å². The SMILES string of the molecule is C[C@H](OC(=O)[C@H](C)N1C(=O)[C@@H]2[C@@H]3C=C[C@H]([C@H]4C[C@H]34)[C@@H]2C1=O)C(=O)c1ccccc1. The van der Waals surface area contributed by atoms with Crippen molar-refractivity contribution < 1.29 is 23.9 Å². The quantitative estimate of drug-likeness (QED) is 0.332. The van der Waals surface area contributed by atoms with Gasteiger partial charge in [-0.05, 0) is 43.9 Å². The molecule has 0 N–H and O–H groups in total. The Bertz CT molecular complexity index is 902. The summed E-state index contributed by atoms with van der Waals surface area (Å²) >= 11 is 0. The van der Waals surface area contributed by atoms with E-state index in [1.54, 1.807) is 30.3 Å². The number of hydrogen-bond acceptors (Lipinski definition) is 5. The summed E-state index contributed by atoms with van der Waals surface area (Å²) in [6.07, 6.45) is 4.29. The van der Waals surface area contributed by atoms with Gasteiger partial charge in [0.2, 0.25) is 17.6 Å². The van der Waals surface area contributed by atoms with Gasteiger partial charge in [-0.1, -0.05) is 42.5 Å². The Balaban J connectivity index is 1.30. The topological polar surface area (TPSA) is 80.8 Å². The van der Waals surface area contributed by atoms with Gasteiger partial charge in [-0.2, -0.15) is 0 Å². The van der Waals surface area contributed by atoms with Gasteiger partial charge in [0.15, 0.2) is 6.10 Å². The first-order valence-electron chi connectivity index (χ1n) is 10.2. The second-order valence-corrected chi connectivity index (χ2v) is 8.69. The van der Waals surface area contributed by atoms with Crippen molar-refractivity contribution in [3.63, 3.8) is 0 Å². The van der Waals surface area contributed by atoms with Crippen LogP contribution in [0.15, 0.2) is 42.5 Å². The predicted molar refractivity (Wildman–Crippen MR) is 102 cm³/mol. The Morgan fingerprint density at radius 3 is 2.07 bits per heavy atom. The maximum atomic E-state index is 13.1. The number of Topliss-reactive ketones (excluding diaryl/α,β-unsaturated/α-hetero) is 1. The molecule has 0 spiro atoms. The number of ether oxygens (including phenoxy) is 1. The number of likely N-dealkylation sites (tertiary alicyclic amines) is 1. The average molecular weight is 393 g/mol. The molecule has 29 heavy (non-hydrogen) atoms. The van der Waals surface area contributed by atoms with Gasteiger partial charge in [-0.3, -0.25) is 19.3 Å². The third-order valence-corrected chi connectivity index (χ3v) is 7.15. The largest absolute Gasteiger partial charge is 0.453 e. The van der Waals surface area contributed by atoms with Gasteiger partial charge in [0, 0.05) is 5.56 Å². The number of rotatable bonds is 5. The highest BCUT2D eigenvalue weighted by molar-refractivity contribution is 6.09. The maximum absolute atomic E-state index is 13.1. The zero-order valence-corrected chi connectivity index (χ0v) is 16.4. The average Bonchev–Trinajstić information content (AvgIpc) is 3.51. The molecule has 0 aromatic heterocycles. The minimum Gasteiger partial charge on any atom is -0.453 e. The number of esters is 1. The van der Waals surface area contributed by atoms with Crippen molar-refractivity contribution in [2.75, 3.05) is 0 Å². The van der Waals surface area contributed by atoms with Gasteiger partial charge < -0.3 is 4.74 Å². The molecule has 8 atom stereocenters. The number of amides is 2. The molecule has 3 fully saturated rings. The molecule has 6 heteroatoms. The highest BCUT2D eigenvalue weighted by atomic mass is 16.5. The molecular formula is C23H23NO5. The standard InChI is InChI=1S/C23H23NO5/c1-11(23(28)29-12(2)20(25)13-6-4-3-5-7-13)24-21(26)18-14-8-9-15(17-10-16(14)17)19(18)22(24)27/h3-9,11-12,14-19H,10H2,1-2H3/t11-,12-,14+,15+,16+,17+,18-,19+/m0/s1. The smallest absolute Gasteiger partial charge is 0.329 e. The van der Waals surface area contributed by atoms with Crippen LogP contribution in [0.2, 0.25) is 0 Å². The molecule has 1 saturated heterocycles. The Kier molecular flexibility index (Phi) is 4.02. The number of ketones is 1. The molecule has 2 bridgehead atoms. The van der Waals surface area contributed by atoms with Gasteiger partial charge in [0.25, 0.3) is 0 Å². The summed E-state index contributed by atoms with van der Waals surface area (Å²) in [6.45, 7) is 3.01. The van der Waals surface area contributed by atoms with Crippen LogP contribution in [0.1, 0.15) is 30.6 Å². The monoisotopic (exact) mass is 393 g/mol. The van der Waals surface area contributed by atoms with Crippen molar-refractivity contribution in [3.8, 4) is 0 Å². The molecule has 2 amide bonds. The van der Waals surface area contributed by atoms with E-state index in [9.17, 15) is 19.2 Å². The summed E-state index contributed by atoms with van der Waals surface area (Å²) in [4.78, 5) is 52.4. The lowest BCUT2D eigenvalue weighted by Gasteiger charge is -2.37. The minimum absolute atomic E-state index is 0.109. The molecule has 6 nitrogen and oxygen atoms in total. The fraction of sp³-hybridized carbons (Fsp3) is 0.478. The van der Waals surface area contributed by atoms with Crippen LogP contribution in [0.25, 0.3) is 0 Å². The van der Waals surface area contributed by atoms with Crippen molar-refractivity contribution in [3.05, 3.63) is 48.0 Å². The Hall–Kier alpha value is -2.76. The van der Waals surface area contributed by atoms with E-state index in [-0.39, 0.29) is 41.3 Å². The molecule has 2 saturated carbocycles. The second kappa shape index (κ2) is 6.37. The highest BCUT2D eigenvalue weighted by Gasteiger charge is 2.67. The number of imide groups is 1. The second-order valence-electron chi connectivity index (χ2n) is 8.69. The van der Waals surface area contributed by atoms with E-state index in [1.165, 1.54) is 13.8 Å². The number of carbonyl (C=O) groups excluding carboxylic acids is 4. The lowest BCUT2D eigenvalue weighted by Crippen LogP contribution is -2.46. The molecule has 0 unspecified atom stereocenters. The van der Waals surface area contributed by atoms with Crippen molar-refractivity contribution in [2.45, 2.75) is 32.4 Å². The molecule has 5 aliphatic rings. The lowest BCUT2D eigenvalue weighted by atomic mass is 9.63. The summed E-state index contributed by atoms with van der Waals surface area (Å²) in [7, 11) is 0. The van der Waals surface area contributed by atoms with Gasteiger partial charge in [0.1, 0.15) is 6.04 Å². The Morgan fingerprint density at radius 2 is 1.52 bits per heavy atom. The van der Waals surface area contributed by atoms with Gasteiger partial charge in [-0.15, -0.1) is 0 Å². The van der Waals surface area contributed by atoms with Crippen molar-refractivity contribution >= 4 is 23.6 Å². The van der Waals surface area contributed by atoms with E-state index in [1.807, 2.05) is 0 Å². The maximum Gasteiger partial charge on any atom is 0.329 e.